The molecule has 0 N–H and O–H groups in total. The first-order chi connectivity index (χ1) is 11.1. The van der Waals surface area contributed by atoms with E-state index in [1.54, 1.807) is 0 Å². The van der Waals surface area contributed by atoms with Gasteiger partial charge < -0.3 is 27.8 Å². The summed E-state index contributed by atoms with van der Waals surface area (Å²) in [4.78, 5) is 33.3. The van der Waals surface area contributed by atoms with Crippen LogP contribution in [0.2, 0.25) is 0 Å². The van der Waals surface area contributed by atoms with E-state index in [0.29, 0.717) is 12.5 Å². The number of esters is 3. The summed E-state index contributed by atoms with van der Waals surface area (Å²) in [7, 11) is 0. The summed E-state index contributed by atoms with van der Waals surface area (Å²) in [5.74, 6) is -1.36. The number of hydrogen-bond acceptors (Lipinski definition) is 7. The Hall–Kier alpha value is -0.860. The van der Waals surface area contributed by atoms with Crippen LogP contribution in [-0.4, -0.2) is 65.8 Å². The van der Waals surface area contributed by atoms with Gasteiger partial charge in [0, 0.05) is 14.3 Å². The van der Waals surface area contributed by atoms with Gasteiger partial charge in [0.05, 0.1) is 36.9 Å². The molecule has 0 aliphatic carbocycles. The molecule has 4 saturated heterocycles. The fourth-order valence-corrected chi connectivity index (χ4v) is 4.27. The van der Waals surface area contributed by atoms with Gasteiger partial charge in [-0.25, -0.2) is 0 Å². The summed E-state index contributed by atoms with van der Waals surface area (Å²) in [6, 6.07) is 0. The standard InChI is InChI=1S/C8H6O4.C8H8O3.CH3.BH4.B.Na.H/c9-7-5-3-1-2-4(11-3)6(5)8(10)12-7;9-8-7-4(3-10-8)5-1-2-6(7)11-5;;;;;/h1-6H;1-2,4-7H,3H2;1H3;1H4;;;/q;;2*-1;;+1;-1. The van der Waals surface area contributed by atoms with Crippen LogP contribution in [-0.2, 0) is 33.3 Å². The van der Waals surface area contributed by atoms with Crippen molar-refractivity contribution < 1.29 is 64.3 Å². The van der Waals surface area contributed by atoms with Gasteiger partial charge in [0.15, 0.2) is 0 Å². The molecule has 6 aliphatic rings. The van der Waals surface area contributed by atoms with Crippen molar-refractivity contribution in [3.05, 3.63) is 31.7 Å². The van der Waals surface area contributed by atoms with E-state index < -0.39 is 11.9 Å². The van der Waals surface area contributed by atoms with Crippen molar-refractivity contribution in [3.63, 3.8) is 0 Å². The van der Waals surface area contributed by atoms with Gasteiger partial charge in [-0.3, -0.25) is 14.4 Å². The summed E-state index contributed by atoms with van der Waals surface area (Å²) in [5, 5.41) is 0. The van der Waals surface area contributed by atoms with Crippen molar-refractivity contribution in [1.82, 2.24) is 0 Å². The number of ether oxygens (including phenoxy) is 4. The van der Waals surface area contributed by atoms with Gasteiger partial charge in [-0.1, -0.05) is 32.7 Å². The van der Waals surface area contributed by atoms with Crippen LogP contribution in [0, 0.1) is 31.1 Å². The second-order valence-electron chi connectivity index (χ2n) is 6.51. The zero-order valence-electron chi connectivity index (χ0n) is 15.6. The first-order valence-electron chi connectivity index (χ1n) is 7.73. The van der Waals surface area contributed by atoms with Crippen LogP contribution in [0.1, 0.15) is 1.43 Å². The molecular formula is C17H22B2NaO7-2. The zero-order valence-corrected chi connectivity index (χ0v) is 16.6. The number of carbonyl (C=O) groups excluding carboxylic acids is 3. The van der Waals surface area contributed by atoms with E-state index in [0.717, 1.165) is 0 Å². The molecule has 6 rings (SSSR count). The summed E-state index contributed by atoms with van der Waals surface area (Å²) < 4.78 is 20.3. The van der Waals surface area contributed by atoms with Crippen molar-refractivity contribution in [3.8, 4) is 0 Å². The second kappa shape index (κ2) is 8.66. The molecule has 4 bridgehead atoms. The van der Waals surface area contributed by atoms with Crippen LogP contribution >= 0.6 is 0 Å². The molecule has 8 unspecified atom stereocenters. The number of rotatable bonds is 0. The molecular weight excluding hydrogens is 361 g/mol. The largest absolute Gasteiger partial charge is 1.00 e. The first-order valence-corrected chi connectivity index (χ1v) is 7.73. The molecule has 141 valence electrons. The van der Waals surface area contributed by atoms with Crippen LogP contribution < -0.4 is 29.6 Å². The minimum atomic E-state index is -0.429. The third kappa shape index (κ3) is 3.49. The van der Waals surface area contributed by atoms with E-state index in [9.17, 15) is 14.4 Å². The Labute approximate surface area is 185 Å². The van der Waals surface area contributed by atoms with E-state index in [4.69, 9.17) is 14.2 Å². The fraction of sp³-hybridized carbons (Fsp3) is 0.529. The van der Waals surface area contributed by atoms with Crippen molar-refractivity contribution in [2.24, 2.45) is 23.7 Å². The molecule has 0 amide bonds. The average molecular weight is 383 g/mol. The van der Waals surface area contributed by atoms with Gasteiger partial charge in [-0.05, 0) is 0 Å². The minimum absolute atomic E-state index is 0. The van der Waals surface area contributed by atoms with E-state index in [1.165, 1.54) is 0 Å². The van der Waals surface area contributed by atoms with Crippen molar-refractivity contribution in [2.75, 3.05) is 6.61 Å². The van der Waals surface area contributed by atoms with E-state index >= 15 is 0 Å². The monoisotopic (exact) mass is 383 g/mol. The molecule has 6 aliphatic heterocycles. The van der Waals surface area contributed by atoms with Gasteiger partial charge in [-0.2, -0.15) is 0 Å². The van der Waals surface area contributed by atoms with Gasteiger partial charge >= 0.3 is 47.5 Å². The fourth-order valence-electron chi connectivity index (χ4n) is 4.27. The molecule has 0 aromatic rings. The molecule has 0 spiro atoms. The molecule has 0 aromatic heterocycles. The van der Waals surface area contributed by atoms with E-state index in [1.807, 2.05) is 24.3 Å². The topological polar surface area (TPSA) is 88.1 Å². The summed E-state index contributed by atoms with van der Waals surface area (Å²) in [6.07, 6.45) is 7.37. The Morgan fingerprint density at radius 3 is 1.74 bits per heavy atom. The number of cyclic esters (lactones) is 3. The van der Waals surface area contributed by atoms with Crippen LogP contribution in [0.5, 0.6) is 0 Å². The maximum absolute atomic E-state index is 11.1. The average Bonchev–Trinajstić information content (AvgIpc) is 3.31. The molecule has 3 radical (unpaired) electrons. The Bertz CT molecular complexity index is 660. The Morgan fingerprint density at radius 1 is 0.778 bits per heavy atom. The molecule has 27 heavy (non-hydrogen) atoms. The SMILES string of the molecule is O=C1OC(=O)C2C3C=CC(O3)C12.O=C1OCC2C3C=CC(O3)C12.[BH4-].[B].[CH3-].[H-].[Na+]. The van der Waals surface area contributed by atoms with Crippen LogP contribution in [0.4, 0.5) is 0 Å². The van der Waals surface area contributed by atoms with Gasteiger partial charge in [-0.15, -0.1) is 0 Å². The predicted molar refractivity (Wildman–Crippen MR) is 96.2 cm³/mol. The molecule has 0 aromatic carbocycles. The van der Waals surface area contributed by atoms with E-state index in [2.05, 4.69) is 4.74 Å². The molecule has 7 nitrogen and oxygen atoms in total. The van der Waals surface area contributed by atoms with Crippen molar-refractivity contribution >= 4 is 34.7 Å². The van der Waals surface area contributed by atoms with E-state index in [-0.39, 0.29) is 103 Å². The van der Waals surface area contributed by atoms with Crippen molar-refractivity contribution in [1.29, 1.82) is 0 Å². The Morgan fingerprint density at radius 2 is 1.22 bits per heavy atom. The molecule has 8 atom stereocenters. The smallest absolute Gasteiger partial charge is 1.00 e. The minimum Gasteiger partial charge on any atom is -1.00 e. The van der Waals surface area contributed by atoms with Crippen molar-refractivity contribution in [2.45, 2.75) is 24.4 Å². The molecule has 4 fully saturated rings. The third-order valence-corrected chi connectivity index (χ3v) is 5.38. The third-order valence-electron chi connectivity index (χ3n) is 5.38. The van der Waals surface area contributed by atoms with Gasteiger partial charge in [0.25, 0.3) is 0 Å². The summed E-state index contributed by atoms with van der Waals surface area (Å²) >= 11 is 0. The van der Waals surface area contributed by atoms with Crippen LogP contribution in [0.3, 0.4) is 0 Å². The summed E-state index contributed by atoms with van der Waals surface area (Å²) in [6.45, 7) is 0.551. The number of carbonyl (C=O) groups is 3. The molecule has 6 heterocycles. The maximum atomic E-state index is 11.1. The molecule has 10 heteroatoms. The normalized spacial score (nSPS) is 42.4. The number of fused-ring (bicyclic) bond motifs is 10. The predicted octanol–water partition coefficient (Wildman–Crippen LogP) is -4.51. The Kier molecular flexibility index (Phi) is 7.75. The Balaban J connectivity index is 0.000000443. The zero-order chi connectivity index (χ0) is 15.7. The van der Waals surface area contributed by atoms with Gasteiger partial charge in [0.2, 0.25) is 0 Å². The summed E-state index contributed by atoms with van der Waals surface area (Å²) in [5.41, 5.74) is 0. The first kappa shape index (κ1) is 24.2. The van der Waals surface area contributed by atoms with Crippen LogP contribution in [0.25, 0.3) is 0 Å². The van der Waals surface area contributed by atoms with Crippen LogP contribution in [0.15, 0.2) is 24.3 Å². The quantitative estimate of drug-likeness (QED) is 0.137. The molecule has 0 saturated carbocycles. The maximum Gasteiger partial charge on any atom is 1.00 e. The second-order valence-corrected chi connectivity index (χ2v) is 6.51. The number of hydrogen-bond donors (Lipinski definition) is 0. The van der Waals surface area contributed by atoms with Gasteiger partial charge in [0.1, 0.15) is 11.8 Å².